The first kappa shape index (κ1) is 9.51. The summed E-state index contributed by atoms with van der Waals surface area (Å²) < 4.78 is 23.0. The van der Waals surface area contributed by atoms with E-state index in [1.807, 2.05) is 0 Å². The van der Waals surface area contributed by atoms with Crippen LogP contribution in [0.4, 0.5) is 4.39 Å². The van der Waals surface area contributed by atoms with Gasteiger partial charge in [0.1, 0.15) is 5.75 Å². The number of benzene rings is 1. The van der Waals surface area contributed by atoms with Crippen LogP contribution in [0.3, 0.4) is 0 Å². The molecule has 0 radical (unpaired) electrons. The number of methoxy groups -OCH3 is 1. The van der Waals surface area contributed by atoms with Crippen molar-refractivity contribution in [1.29, 1.82) is 0 Å². The predicted octanol–water partition coefficient (Wildman–Crippen LogP) is 2.28. The van der Waals surface area contributed by atoms with Crippen LogP contribution in [0, 0.1) is 5.82 Å². The number of carbonyl (C=O) groups is 1. The summed E-state index contributed by atoms with van der Waals surface area (Å²) in [6.45, 7) is 0. The Morgan fingerprint density at radius 3 is 2.80 bits per heavy atom. The number of furan rings is 1. The van der Waals surface area contributed by atoms with Crippen molar-refractivity contribution in [2.75, 3.05) is 7.11 Å². The molecular formula is C10H7FO4. The highest BCUT2D eigenvalue weighted by Crippen LogP contribution is 2.27. The van der Waals surface area contributed by atoms with Crippen LogP contribution < -0.4 is 4.74 Å². The molecule has 1 aromatic heterocycles. The summed E-state index contributed by atoms with van der Waals surface area (Å²) in [6, 6.07) is 3.90. The molecule has 0 aliphatic carbocycles. The highest BCUT2D eigenvalue weighted by atomic mass is 19.1. The number of carboxylic acid groups (broad SMARTS) is 1. The van der Waals surface area contributed by atoms with Crippen LogP contribution in [0.1, 0.15) is 10.6 Å². The van der Waals surface area contributed by atoms with Gasteiger partial charge in [0, 0.05) is 11.5 Å². The third-order valence-electron chi connectivity index (χ3n) is 1.99. The fourth-order valence-electron chi connectivity index (χ4n) is 1.31. The standard InChI is InChI=1S/C10H7FO4/c1-14-6-2-5-3-8(10(12)13)15-9(5)7(11)4-6/h2-4H,1H3,(H,12,13). The molecule has 0 atom stereocenters. The van der Waals surface area contributed by atoms with E-state index >= 15 is 0 Å². The van der Waals surface area contributed by atoms with E-state index in [4.69, 9.17) is 14.3 Å². The number of rotatable bonds is 2. The predicted molar refractivity (Wildman–Crippen MR) is 49.7 cm³/mol. The summed E-state index contributed by atoms with van der Waals surface area (Å²) in [7, 11) is 1.40. The normalized spacial score (nSPS) is 10.5. The van der Waals surface area contributed by atoms with E-state index < -0.39 is 11.8 Å². The van der Waals surface area contributed by atoms with Crippen LogP contribution in [0.2, 0.25) is 0 Å². The summed E-state index contributed by atoms with van der Waals surface area (Å²) in [6.07, 6.45) is 0. The Kier molecular flexibility index (Phi) is 2.07. The third-order valence-corrected chi connectivity index (χ3v) is 1.99. The average molecular weight is 210 g/mol. The first-order valence-corrected chi connectivity index (χ1v) is 4.12. The van der Waals surface area contributed by atoms with Gasteiger partial charge in [-0.25, -0.2) is 9.18 Å². The van der Waals surface area contributed by atoms with Crippen molar-refractivity contribution in [3.63, 3.8) is 0 Å². The van der Waals surface area contributed by atoms with Crippen molar-refractivity contribution < 1.29 is 23.4 Å². The molecule has 0 saturated carbocycles. The molecule has 2 aromatic rings. The van der Waals surface area contributed by atoms with Crippen molar-refractivity contribution in [2.24, 2.45) is 0 Å². The number of hydrogen-bond acceptors (Lipinski definition) is 3. The molecule has 1 N–H and O–H groups in total. The molecule has 5 heteroatoms. The molecule has 4 nitrogen and oxygen atoms in total. The Morgan fingerprint density at radius 2 is 2.20 bits per heavy atom. The quantitative estimate of drug-likeness (QED) is 0.825. The average Bonchev–Trinajstić information content (AvgIpc) is 2.61. The van der Waals surface area contributed by atoms with Crippen molar-refractivity contribution >= 4 is 16.9 Å². The van der Waals surface area contributed by atoms with E-state index in [9.17, 15) is 9.18 Å². The maximum absolute atomic E-state index is 13.3. The maximum atomic E-state index is 13.3. The van der Waals surface area contributed by atoms with Gasteiger partial charge in [0.15, 0.2) is 11.4 Å². The van der Waals surface area contributed by atoms with Crippen molar-refractivity contribution in [1.82, 2.24) is 0 Å². The Morgan fingerprint density at radius 1 is 1.47 bits per heavy atom. The number of carboxylic acids is 1. The lowest BCUT2D eigenvalue weighted by molar-refractivity contribution is 0.0665. The van der Waals surface area contributed by atoms with Crippen LogP contribution in [0.25, 0.3) is 11.0 Å². The summed E-state index contributed by atoms with van der Waals surface area (Å²) in [4.78, 5) is 10.6. The summed E-state index contributed by atoms with van der Waals surface area (Å²) in [5.74, 6) is -1.85. The smallest absolute Gasteiger partial charge is 0.371 e. The minimum Gasteiger partial charge on any atom is -0.497 e. The van der Waals surface area contributed by atoms with E-state index in [1.54, 1.807) is 0 Å². The van der Waals surface area contributed by atoms with Gasteiger partial charge in [-0.3, -0.25) is 0 Å². The topological polar surface area (TPSA) is 59.7 Å². The highest BCUT2D eigenvalue weighted by molar-refractivity contribution is 5.92. The fourth-order valence-corrected chi connectivity index (χ4v) is 1.31. The molecule has 0 bridgehead atoms. The zero-order valence-corrected chi connectivity index (χ0v) is 7.78. The number of fused-ring (bicyclic) bond motifs is 1. The summed E-state index contributed by atoms with van der Waals surface area (Å²) in [5.41, 5.74) is -0.0757. The van der Waals surface area contributed by atoms with Crippen LogP contribution in [-0.2, 0) is 0 Å². The summed E-state index contributed by atoms with van der Waals surface area (Å²) in [5, 5.41) is 9.02. The van der Waals surface area contributed by atoms with E-state index in [1.165, 1.54) is 19.2 Å². The molecule has 0 fully saturated rings. The summed E-state index contributed by atoms with van der Waals surface area (Å²) >= 11 is 0. The van der Waals surface area contributed by atoms with Gasteiger partial charge in [-0.05, 0) is 12.1 Å². The zero-order chi connectivity index (χ0) is 11.0. The van der Waals surface area contributed by atoms with Gasteiger partial charge in [0.25, 0.3) is 0 Å². The molecular weight excluding hydrogens is 203 g/mol. The zero-order valence-electron chi connectivity index (χ0n) is 7.78. The fraction of sp³-hybridized carbons (Fsp3) is 0.100. The van der Waals surface area contributed by atoms with Gasteiger partial charge in [-0.1, -0.05) is 0 Å². The molecule has 15 heavy (non-hydrogen) atoms. The van der Waals surface area contributed by atoms with Gasteiger partial charge in [-0.2, -0.15) is 0 Å². The number of halogens is 1. The highest BCUT2D eigenvalue weighted by Gasteiger charge is 2.14. The molecule has 1 aromatic carbocycles. The second-order valence-electron chi connectivity index (χ2n) is 2.94. The molecule has 0 aliphatic heterocycles. The Hall–Kier alpha value is -2.04. The number of ether oxygens (including phenoxy) is 1. The van der Waals surface area contributed by atoms with Crippen molar-refractivity contribution in [2.45, 2.75) is 0 Å². The molecule has 2 rings (SSSR count). The second-order valence-corrected chi connectivity index (χ2v) is 2.94. The van der Waals surface area contributed by atoms with Gasteiger partial charge in [-0.15, -0.1) is 0 Å². The van der Waals surface area contributed by atoms with Gasteiger partial charge >= 0.3 is 5.97 Å². The molecule has 0 saturated heterocycles. The van der Waals surface area contributed by atoms with E-state index in [-0.39, 0.29) is 11.3 Å². The van der Waals surface area contributed by atoms with Gasteiger partial charge < -0.3 is 14.3 Å². The molecule has 0 aliphatic rings. The van der Waals surface area contributed by atoms with Gasteiger partial charge in [0.05, 0.1) is 7.11 Å². The van der Waals surface area contributed by atoms with Crippen LogP contribution in [0.15, 0.2) is 22.6 Å². The SMILES string of the molecule is COc1cc(F)c2oc(C(=O)O)cc2c1. The molecule has 0 spiro atoms. The minimum absolute atomic E-state index is 0.0757. The molecule has 78 valence electrons. The van der Waals surface area contributed by atoms with Crippen molar-refractivity contribution in [3.05, 3.63) is 29.8 Å². The first-order chi connectivity index (χ1) is 7.11. The first-order valence-electron chi connectivity index (χ1n) is 4.12. The van der Waals surface area contributed by atoms with Crippen LogP contribution in [-0.4, -0.2) is 18.2 Å². The number of hydrogen-bond donors (Lipinski definition) is 1. The third kappa shape index (κ3) is 1.52. The van der Waals surface area contributed by atoms with E-state index in [0.717, 1.165) is 6.07 Å². The molecule has 1 heterocycles. The Balaban J connectivity index is 2.69. The van der Waals surface area contributed by atoms with Crippen LogP contribution >= 0.6 is 0 Å². The second kappa shape index (κ2) is 3.27. The lowest BCUT2D eigenvalue weighted by Crippen LogP contribution is -1.91. The maximum Gasteiger partial charge on any atom is 0.371 e. The van der Waals surface area contributed by atoms with Crippen molar-refractivity contribution in [3.8, 4) is 5.75 Å². The Bertz CT molecular complexity index is 529. The Labute approximate surface area is 83.9 Å². The lowest BCUT2D eigenvalue weighted by Gasteiger charge is -1.98. The lowest BCUT2D eigenvalue weighted by atomic mass is 10.2. The molecule has 0 unspecified atom stereocenters. The van der Waals surface area contributed by atoms with Crippen LogP contribution in [0.5, 0.6) is 5.75 Å². The largest absolute Gasteiger partial charge is 0.497 e. The number of aromatic carboxylic acids is 1. The molecule has 0 amide bonds. The van der Waals surface area contributed by atoms with E-state index in [2.05, 4.69) is 0 Å². The minimum atomic E-state index is -1.23. The monoisotopic (exact) mass is 210 g/mol. The van der Waals surface area contributed by atoms with Gasteiger partial charge in [0.2, 0.25) is 5.76 Å². The van der Waals surface area contributed by atoms with E-state index in [0.29, 0.717) is 11.1 Å².